The fraction of sp³-hybridized carbons (Fsp3) is 0.435. The fourth-order valence-corrected chi connectivity index (χ4v) is 3.61. The number of allylic oxidation sites excluding steroid dienone is 1. The average Bonchev–Trinajstić information content (AvgIpc) is 2.66. The van der Waals surface area contributed by atoms with Gasteiger partial charge in [-0.2, -0.15) is 0 Å². The number of carbonyl (C=O) groups excluding carboxylic acids is 1. The van der Waals surface area contributed by atoms with Gasteiger partial charge in [0.15, 0.2) is 0 Å². The standard InChI is InChI=1S/C23H28N2O4/c1-23(2,3)29-22(28)25-10-8-16(9-11-25)12-18(14-21(26)27)19-13-17-6-4-5-7-20(17)24-15-19/h4-7,13-16H,8-12H2,1-3H3,(H,26,27). The predicted molar refractivity (Wildman–Crippen MR) is 113 cm³/mol. The highest BCUT2D eigenvalue weighted by atomic mass is 16.6. The minimum Gasteiger partial charge on any atom is -0.478 e. The Hall–Kier alpha value is -2.89. The molecule has 154 valence electrons. The molecule has 6 heteroatoms. The number of aliphatic carboxylic acids is 1. The van der Waals surface area contributed by atoms with Gasteiger partial charge in [-0.25, -0.2) is 9.59 Å². The van der Waals surface area contributed by atoms with Crippen LogP contribution in [0.2, 0.25) is 0 Å². The number of aromatic nitrogens is 1. The summed E-state index contributed by atoms with van der Waals surface area (Å²) in [6, 6.07) is 9.78. The van der Waals surface area contributed by atoms with E-state index in [1.807, 2.05) is 51.1 Å². The van der Waals surface area contributed by atoms with Crippen molar-refractivity contribution in [2.24, 2.45) is 5.92 Å². The molecule has 3 rings (SSSR count). The molecular weight excluding hydrogens is 368 g/mol. The molecule has 1 aliphatic heterocycles. The zero-order valence-electron chi connectivity index (χ0n) is 17.2. The number of ether oxygens (including phenoxy) is 1. The van der Waals surface area contributed by atoms with Crippen LogP contribution in [0, 0.1) is 5.92 Å². The molecule has 0 unspecified atom stereocenters. The lowest BCUT2D eigenvalue weighted by Crippen LogP contribution is -2.41. The lowest BCUT2D eigenvalue weighted by Gasteiger charge is -2.33. The van der Waals surface area contributed by atoms with Crippen molar-refractivity contribution in [3.63, 3.8) is 0 Å². The maximum absolute atomic E-state index is 12.2. The van der Waals surface area contributed by atoms with Crippen molar-refractivity contribution in [1.29, 1.82) is 0 Å². The number of amides is 1. The smallest absolute Gasteiger partial charge is 0.410 e. The minimum absolute atomic E-state index is 0.281. The summed E-state index contributed by atoms with van der Waals surface area (Å²) < 4.78 is 5.45. The third-order valence-corrected chi connectivity index (χ3v) is 5.03. The maximum atomic E-state index is 12.2. The Morgan fingerprint density at radius 1 is 1.24 bits per heavy atom. The largest absolute Gasteiger partial charge is 0.478 e. The van der Waals surface area contributed by atoms with Gasteiger partial charge in [0.25, 0.3) is 0 Å². The van der Waals surface area contributed by atoms with Crippen LogP contribution in [0.4, 0.5) is 4.79 Å². The molecule has 0 saturated carbocycles. The Morgan fingerprint density at radius 3 is 2.59 bits per heavy atom. The zero-order valence-corrected chi connectivity index (χ0v) is 17.2. The molecule has 1 aromatic carbocycles. The number of carbonyl (C=O) groups is 2. The van der Waals surface area contributed by atoms with Gasteiger partial charge in [0, 0.05) is 30.7 Å². The van der Waals surface area contributed by atoms with E-state index in [9.17, 15) is 14.7 Å². The zero-order chi connectivity index (χ0) is 21.0. The third-order valence-electron chi connectivity index (χ3n) is 5.03. The monoisotopic (exact) mass is 396 g/mol. The lowest BCUT2D eigenvalue weighted by atomic mass is 9.87. The molecule has 0 aliphatic carbocycles. The van der Waals surface area contributed by atoms with Gasteiger partial charge in [-0.15, -0.1) is 0 Å². The van der Waals surface area contributed by atoms with Crippen molar-refractivity contribution in [2.75, 3.05) is 13.1 Å². The van der Waals surface area contributed by atoms with Crippen LogP contribution in [0.5, 0.6) is 0 Å². The van der Waals surface area contributed by atoms with Crippen LogP contribution in [0.1, 0.15) is 45.6 Å². The predicted octanol–water partition coefficient (Wildman–Crippen LogP) is 4.74. The number of nitrogens with zero attached hydrogens (tertiary/aromatic N) is 2. The number of rotatable bonds is 4. The highest BCUT2D eigenvalue weighted by Crippen LogP contribution is 2.30. The van der Waals surface area contributed by atoms with E-state index < -0.39 is 11.6 Å². The molecule has 2 aromatic rings. The number of pyridine rings is 1. The summed E-state index contributed by atoms with van der Waals surface area (Å²) in [5, 5.41) is 10.3. The van der Waals surface area contributed by atoms with Gasteiger partial charge >= 0.3 is 12.1 Å². The third kappa shape index (κ3) is 5.79. The molecule has 0 bridgehead atoms. The summed E-state index contributed by atoms with van der Waals surface area (Å²) >= 11 is 0. The van der Waals surface area contributed by atoms with Gasteiger partial charge in [-0.3, -0.25) is 4.98 Å². The van der Waals surface area contributed by atoms with Gasteiger partial charge in [0.1, 0.15) is 5.60 Å². The van der Waals surface area contributed by atoms with E-state index in [2.05, 4.69) is 4.98 Å². The van der Waals surface area contributed by atoms with Crippen LogP contribution >= 0.6 is 0 Å². The lowest BCUT2D eigenvalue weighted by molar-refractivity contribution is -0.131. The Bertz CT molecular complexity index is 922. The van der Waals surface area contributed by atoms with Gasteiger partial charge in [0.2, 0.25) is 0 Å². The number of carboxylic acid groups (broad SMARTS) is 1. The molecule has 1 aromatic heterocycles. The molecule has 0 atom stereocenters. The number of likely N-dealkylation sites (tertiary alicyclic amines) is 1. The first-order chi connectivity index (χ1) is 13.7. The van der Waals surface area contributed by atoms with Crippen LogP contribution in [0.3, 0.4) is 0 Å². The highest BCUT2D eigenvalue weighted by molar-refractivity contribution is 5.91. The molecule has 1 saturated heterocycles. The van der Waals surface area contributed by atoms with Crippen molar-refractivity contribution in [1.82, 2.24) is 9.88 Å². The van der Waals surface area contributed by atoms with Crippen molar-refractivity contribution in [3.05, 3.63) is 48.2 Å². The van der Waals surface area contributed by atoms with E-state index in [1.54, 1.807) is 11.1 Å². The second-order valence-electron chi connectivity index (χ2n) is 8.54. The van der Waals surface area contributed by atoms with Crippen molar-refractivity contribution >= 4 is 28.5 Å². The number of para-hydroxylation sites is 1. The first-order valence-electron chi connectivity index (χ1n) is 9.98. The molecule has 29 heavy (non-hydrogen) atoms. The van der Waals surface area contributed by atoms with Crippen LogP contribution < -0.4 is 0 Å². The second-order valence-corrected chi connectivity index (χ2v) is 8.54. The molecule has 2 heterocycles. The van der Waals surface area contributed by atoms with Crippen LogP contribution in [-0.4, -0.2) is 45.7 Å². The fourth-order valence-electron chi connectivity index (χ4n) is 3.61. The molecule has 1 amide bonds. The van der Waals surface area contributed by atoms with Crippen LogP contribution in [-0.2, 0) is 9.53 Å². The number of piperidine rings is 1. The van der Waals surface area contributed by atoms with E-state index in [0.717, 1.165) is 34.9 Å². The summed E-state index contributed by atoms with van der Waals surface area (Å²) in [5.41, 5.74) is 1.98. The summed E-state index contributed by atoms with van der Waals surface area (Å²) in [4.78, 5) is 29.8. The number of hydrogen-bond acceptors (Lipinski definition) is 4. The molecule has 0 radical (unpaired) electrons. The second kappa shape index (κ2) is 8.64. The summed E-state index contributed by atoms with van der Waals surface area (Å²) in [6.07, 6.45) is 5.03. The maximum Gasteiger partial charge on any atom is 0.410 e. The molecule has 1 fully saturated rings. The molecule has 1 aliphatic rings. The van der Waals surface area contributed by atoms with Crippen LogP contribution in [0.15, 0.2) is 42.6 Å². The molecule has 1 N–H and O–H groups in total. The Labute approximate surface area is 171 Å². The molecular formula is C23H28N2O4. The first-order valence-corrected chi connectivity index (χ1v) is 9.98. The topological polar surface area (TPSA) is 79.7 Å². The number of fused-ring (bicyclic) bond motifs is 1. The van der Waals surface area contributed by atoms with Crippen LogP contribution in [0.25, 0.3) is 16.5 Å². The van der Waals surface area contributed by atoms with Gasteiger partial charge < -0.3 is 14.7 Å². The van der Waals surface area contributed by atoms with E-state index in [-0.39, 0.29) is 6.09 Å². The van der Waals surface area contributed by atoms with Crippen molar-refractivity contribution < 1.29 is 19.4 Å². The Kier molecular flexibility index (Phi) is 6.20. The van der Waals surface area contributed by atoms with E-state index in [1.165, 1.54) is 6.08 Å². The average molecular weight is 396 g/mol. The first kappa shape index (κ1) is 20.8. The number of hydrogen-bond donors (Lipinski definition) is 1. The SMILES string of the molecule is CC(C)(C)OC(=O)N1CCC(CC(=CC(=O)O)c2cnc3ccccc3c2)CC1. The van der Waals surface area contributed by atoms with Gasteiger partial charge in [0.05, 0.1) is 5.52 Å². The van der Waals surface area contributed by atoms with Gasteiger partial charge in [-0.1, -0.05) is 18.2 Å². The Balaban J connectivity index is 1.69. The Morgan fingerprint density at radius 2 is 1.93 bits per heavy atom. The number of benzene rings is 1. The normalized spacial score (nSPS) is 16.1. The van der Waals surface area contributed by atoms with Crippen molar-refractivity contribution in [3.8, 4) is 0 Å². The van der Waals surface area contributed by atoms with E-state index in [0.29, 0.717) is 25.4 Å². The summed E-state index contributed by atoms with van der Waals surface area (Å²) in [6.45, 7) is 6.82. The minimum atomic E-state index is -0.959. The van der Waals surface area contributed by atoms with E-state index >= 15 is 0 Å². The number of carboxylic acids is 1. The van der Waals surface area contributed by atoms with Gasteiger partial charge in [-0.05, 0) is 69.2 Å². The summed E-state index contributed by atoms with van der Waals surface area (Å²) in [7, 11) is 0. The molecule has 6 nitrogen and oxygen atoms in total. The van der Waals surface area contributed by atoms with Crippen molar-refractivity contribution in [2.45, 2.75) is 45.6 Å². The van der Waals surface area contributed by atoms with E-state index in [4.69, 9.17) is 4.74 Å². The molecule has 0 spiro atoms. The quantitative estimate of drug-likeness (QED) is 0.755. The highest BCUT2D eigenvalue weighted by Gasteiger charge is 2.27. The summed E-state index contributed by atoms with van der Waals surface area (Å²) in [5.74, 6) is -0.648.